The number of rotatable bonds is 2. The minimum absolute atomic E-state index is 0. The predicted molar refractivity (Wildman–Crippen MR) is 84.5 cm³/mol. The number of nitrogens with two attached hydrogens (primary N) is 1. The van der Waals surface area contributed by atoms with Crippen molar-refractivity contribution < 1.29 is 13.2 Å². The Morgan fingerprint density at radius 3 is 2.27 bits per heavy atom. The van der Waals surface area contributed by atoms with Crippen LogP contribution >= 0.6 is 24.8 Å². The third-order valence-electron chi connectivity index (χ3n) is 3.54. The van der Waals surface area contributed by atoms with E-state index in [9.17, 15) is 13.2 Å². The van der Waals surface area contributed by atoms with Crippen molar-refractivity contribution in [1.29, 1.82) is 0 Å². The Bertz CT molecular complexity index is 629. The van der Waals surface area contributed by atoms with Crippen LogP contribution in [0.5, 0.6) is 0 Å². The molecule has 2 N–H and O–H groups in total. The Hall–Kier alpha value is -1.30. The number of hydrogen-bond acceptors (Lipinski definition) is 2. The van der Waals surface area contributed by atoms with E-state index in [-0.39, 0.29) is 30.9 Å². The van der Waals surface area contributed by atoms with Crippen LogP contribution in [0.2, 0.25) is 0 Å². The molecular formula is C15H15Cl2F3N2. The van der Waals surface area contributed by atoms with Crippen molar-refractivity contribution in [2.75, 3.05) is 0 Å². The molecular weight excluding hydrogens is 336 g/mol. The van der Waals surface area contributed by atoms with Crippen molar-refractivity contribution in [2.24, 2.45) is 5.73 Å². The Morgan fingerprint density at radius 1 is 1.09 bits per heavy atom. The van der Waals surface area contributed by atoms with Crippen LogP contribution in [0.15, 0.2) is 42.6 Å². The summed E-state index contributed by atoms with van der Waals surface area (Å²) in [5.41, 5.74) is 7.15. The van der Waals surface area contributed by atoms with Crippen molar-refractivity contribution >= 4 is 24.8 Å². The molecule has 1 aliphatic carbocycles. The molecule has 1 saturated carbocycles. The lowest BCUT2D eigenvalue weighted by Gasteiger charge is -2.08. The second kappa shape index (κ2) is 6.86. The largest absolute Gasteiger partial charge is 0.416 e. The molecule has 1 aliphatic rings. The summed E-state index contributed by atoms with van der Waals surface area (Å²) in [5.74, 6) is 0.345. The molecule has 0 unspecified atom stereocenters. The molecule has 0 radical (unpaired) electrons. The molecule has 2 atom stereocenters. The fourth-order valence-corrected chi connectivity index (χ4v) is 2.25. The molecule has 0 saturated heterocycles. The molecule has 1 fully saturated rings. The van der Waals surface area contributed by atoms with Crippen LogP contribution in [-0.4, -0.2) is 11.0 Å². The number of alkyl halides is 3. The lowest BCUT2D eigenvalue weighted by Crippen LogP contribution is -2.04. The Kier molecular flexibility index (Phi) is 5.84. The molecule has 1 aromatic heterocycles. The zero-order valence-corrected chi connectivity index (χ0v) is 13.0. The molecule has 2 aromatic rings. The first-order valence-corrected chi connectivity index (χ1v) is 6.34. The summed E-state index contributed by atoms with van der Waals surface area (Å²) in [6, 6.07) is 9.02. The average Bonchev–Trinajstić information content (AvgIpc) is 3.15. The third-order valence-corrected chi connectivity index (χ3v) is 3.54. The molecule has 22 heavy (non-hydrogen) atoms. The van der Waals surface area contributed by atoms with Gasteiger partial charge in [0, 0.05) is 23.7 Å². The van der Waals surface area contributed by atoms with Gasteiger partial charge in [0.05, 0.1) is 11.3 Å². The Labute approximate surface area is 138 Å². The van der Waals surface area contributed by atoms with E-state index in [4.69, 9.17) is 5.73 Å². The third kappa shape index (κ3) is 3.91. The summed E-state index contributed by atoms with van der Waals surface area (Å²) in [6.45, 7) is 0. The fourth-order valence-electron chi connectivity index (χ4n) is 2.25. The quantitative estimate of drug-likeness (QED) is 0.870. The second-order valence-corrected chi connectivity index (χ2v) is 5.06. The summed E-state index contributed by atoms with van der Waals surface area (Å²) >= 11 is 0. The van der Waals surface area contributed by atoms with Gasteiger partial charge in [0.2, 0.25) is 0 Å². The maximum absolute atomic E-state index is 12.7. The van der Waals surface area contributed by atoms with Gasteiger partial charge in [-0.25, -0.2) is 0 Å². The van der Waals surface area contributed by atoms with E-state index in [1.54, 1.807) is 18.3 Å². The SMILES string of the molecule is Cl.Cl.N[C@@H]1C[C@H]1c1ccc(-c2cccc(C(F)(F)F)c2)nc1. The second-order valence-electron chi connectivity index (χ2n) is 5.06. The van der Waals surface area contributed by atoms with Crippen LogP contribution in [0.1, 0.15) is 23.5 Å². The maximum atomic E-state index is 12.7. The van der Waals surface area contributed by atoms with E-state index in [1.807, 2.05) is 6.07 Å². The molecule has 0 amide bonds. The monoisotopic (exact) mass is 350 g/mol. The summed E-state index contributed by atoms with van der Waals surface area (Å²) in [6.07, 6.45) is -1.69. The van der Waals surface area contributed by atoms with Crippen LogP contribution in [0.3, 0.4) is 0 Å². The number of hydrogen-bond donors (Lipinski definition) is 1. The van der Waals surface area contributed by atoms with E-state index < -0.39 is 11.7 Å². The molecule has 1 aromatic carbocycles. The minimum atomic E-state index is -4.34. The van der Waals surface area contributed by atoms with E-state index in [0.29, 0.717) is 17.2 Å². The molecule has 3 rings (SSSR count). The van der Waals surface area contributed by atoms with Gasteiger partial charge >= 0.3 is 6.18 Å². The first-order chi connectivity index (χ1) is 9.45. The molecule has 0 bridgehead atoms. The van der Waals surface area contributed by atoms with Gasteiger partial charge in [-0.1, -0.05) is 18.2 Å². The van der Waals surface area contributed by atoms with E-state index >= 15 is 0 Å². The Balaban J connectivity index is 0.00000121. The highest BCUT2D eigenvalue weighted by molar-refractivity contribution is 5.85. The van der Waals surface area contributed by atoms with Gasteiger partial charge in [0.25, 0.3) is 0 Å². The van der Waals surface area contributed by atoms with Crippen LogP contribution in [0.25, 0.3) is 11.3 Å². The van der Waals surface area contributed by atoms with E-state index in [1.165, 1.54) is 6.07 Å². The van der Waals surface area contributed by atoms with Crippen LogP contribution in [0.4, 0.5) is 13.2 Å². The molecule has 2 nitrogen and oxygen atoms in total. The molecule has 0 spiro atoms. The first kappa shape index (κ1) is 18.7. The van der Waals surface area contributed by atoms with Crippen molar-refractivity contribution in [3.05, 3.63) is 53.7 Å². The number of benzene rings is 1. The summed E-state index contributed by atoms with van der Waals surface area (Å²) in [7, 11) is 0. The minimum Gasteiger partial charge on any atom is -0.327 e. The highest BCUT2D eigenvalue weighted by Crippen LogP contribution is 2.39. The summed E-state index contributed by atoms with van der Waals surface area (Å²) in [4.78, 5) is 4.24. The fraction of sp³-hybridized carbons (Fsp3) is 0.267. The lowest BCUT2D eigenvalue weighted by molar-refractivity contribution is -0.137. The van der Waals surface area contributed by atoms with Gasteiger partial charge in [-0.15, -0.1) is 24.8 Å². The van der Waals surface area contributed by atoms with Crippen LogP contribution < -0.4 is 5.73 Å². The average molecular weight is 351 g/mol. The maximum Gasteiger partial charge on any atom is 0.416 e. The molecule has 7 heteroatoms. The van der Waals surface area contributed by atoms with Crippen molar-refractivity contribution in [3.8, 4) is 11.3 Å². The van der Waals surface area contributed by atoms with Crippen molar-refractivity contribution in [2.45, 2.75) is 24.6 Å². The van der Waals surface area contributed by atoms with Gasteiger partial charge < -0.3 is 5.73 Å². The van der Waals surface area contributed by atoms with Gasteiger partial charge in [0.1, 0.15) is 0 Å². The normalized spacial score (nSPS) is 19.8. The summed E-state index contributed by atoms with van der Waals surface area (Å²) in [5, 5.41) is 0. The van der Waals surface area contributed by atoms with Gasteiger partial charge in [-0.3, -0.25) is 4.98 Å². The number of nitrogens with zero attached hydrogens (tertiary/aromatic N) is 1. The van der Waals surface area contributed by atoms with Crippen LogP contribution in [-0.2, 0) is 6.18 Å². The van der Waals surface area contributed by atoms with E-state index in [2.05, 4.69) is 4.98 Å². The van der Waals surface area contributed by atoms with E-state index in [0.717, 1.165) is 24.1 Å². The zero-order chi connectivity index (χ0) is 14.3. The van der Waals surface area contributed by atoms with Crippen LogP contribution in [0, 0.1) is 0 Å². The van der Waals surface area contributed by atoms with Crippen molar-refractivity contribution in [1.82, 2.24) is 4.98 Å². The zero-order valence-electron chi connectivity index (χ0n) is 11.4. The highest BCUT2D eigenvalue weighted by atomic mass is 35.5. The van der Waals surface area contributed by atoms with Gasteiger partial charge in [-0.05, 0) is 30.2 Å². The summed E-state index contributed by atoms with van der Waals surface area (Å²) < 4.78 is 38.0. The number of pyridine rings is 1. The molecule has 0 aliphatic heterocycles. The Morgan fingerprint density at radius 2 is 1.77 bits per heavy atom. The standard InChI is InChI=1S/C15H13F3N2.2ClH/c16-15(17,18)11-3-1-2-9(6-11)14-5-4-10(8-20-14)12-7-13(12)19;;/h1-6,8,12-13H,7,19H2;2*1H/t12-,13+;;/m0../s1. The topological polar surface area (TPSA) is 38.9 Å². The number of halogens is 5. The van der Waals surface area contributed by atoms with Crippen molar-refractivity contribution in [3.63, 3.8) is 0 Å². The number of aromatic nitrogens is 1. The highest BCUT2D eigenvalue weighted by Gasteiger charge is 2.35. The predicted octanol–water partition coefficient (Wildman–Crippen LogP) is 4.43. The first-order valence-electron chi connectivity index (χ1n) is 6.34. The van der Waals surface area contributed by atoms with Gasteiger partial charge in [-0.2, -0.15) is 13.2 Å². The van der Waals surface area contributed by atoms with Gasteiger partial charge in [0.15, 0.2) is 0 Å². The molecule has 1 heterocycles. The smallest absolute Gasteiger partial charge is 0.327 e. The lowest BCUT2D eigenvalue weighted by atomic mass is 10.1. The molecule has 120 valence electrons.